The Morgan fingerprint density at radius 1 is 0.727 bits per heavy atom. The van der Waals surface area contributed by atoms with Gasteiger partial charge in [-0.3, -0.25) is 9.59 Å². The fourth-order valence-electron chi connectivity index (χ4n) is 1.66. The summed E-state index contributed by atoms with van der Waals surface area (Å²) in [5, 5.41) is 23.9. The van der Waals surface area contributed by atoms with Gasteiger partial charge in [0.2, 0.25) is 11.8 Å². The molecule has 0 radical (unpaired) electrons. The summed E-state index contributed by atoms with van der Waals surface area (Å²) in [4.78, 5) is 23.3. The molecule has 4 N–H and O–H groups in total. The Kier molecular flexibility index (Phi) is 4.77. The topological polar surface area (TPSA) is 98.7 Å². The number of benzene rings is 2. The Morgan fingerprint density at radius 2 is 1.09 bits per heavy atom. The summed E-state index contributed by atoms with van der Waals surface area (Å²) in [6, 6.07) is 12.5. The molecule has 0 spiro atoms. The largest absolute Gasteiger partial charge is 0.506 e. The number of para-hydroxylation sites is 4. The minimum absolute atomic E-state index is 0.0668. The highest BCUT2D eigenvalue weighted by molar-refractivity contribution is 6.07. The molecule has 0 aliphatic carbocycles. The maximum Gasteiger partial charge on any atom is 0.248 e. The molecule has 22 heavy (non-hydrogen) atoms. The van der Waals surface area contributed by atoms with E-state index in [1.807, 2.05) is 0 Å². The molecule has 0 aliphatic rings. The standard InChI is InChI=1S/C16H14N2O4/c19-13-7-3-1-5-11(13)17-15(21)9-10-16(22)18-12-6-2-4-8-14(12)20/h1-10,19-20H,(H,17,21)(H,18,22). The van der Waals surface area contributed by atoms with Crippen LogP contribution >= 0.6 is 0 Å². The molecule has 0 unspecified atom stereocenters. The zero-order valence-corrected chi connectivity index (χ0v) is 11.5. The number of phenolic OH excluding ortho intramolecular Hbond substituents is 2. The van der Waals surface area contributed by atoms with E-state index in [-0.39, 0.29) is 22.9 Å². The van der Waals surface area contributed by atoms with Crippen LogP contribution in [0.3, 0.4) is 0 Å². The van der Waals surface area contributed by atoms with Gasteiger partial charge in [0.15, 0.2) is 0 Å². The predicted octanol–water partition coefficient (Wildman–Crippen LogP) is 2.23. The van der Waals surface area contributed by atoms with E-state index in [2.05, 4.69) is 10.6 Å². The Bertz CT molecular complexity index is 664. The number of nitrogens with one attached hydrogen (secondary N) is 2. The van der Waals surface area contributed by atoms with Crippen molar-refractivity contribution >= 4 is 23.2 Å². The molecule has 0 atom stereocenters. The summed E-state index contributed by atoms with van der Waals surface area (Å²) in [6.07, 6.45) is 2.06. The number of carbonyl (C=O) groups is 2. The van der Waals surface area contributed by atoms with Gasteiger partial charge < -0.3 is 20.8 Å². The molecule has 0 aromatic heterocycles. The van der Waals surface area contributed by atoms with Crippen LogP contribution in [0, 0.1) is 0 Å². The van der Waals surface area contributed by atoms with Gasteiger partial charge in [0.1, 0.15) is 11.5 Å². The maximum atomic E-state index is 11.7. The molecule has 112 valence electrons. The fourth-order valence-corrected chi connectivity index (χ4v) is 1.66. The molecular formula is C16H14N2O4. The van der Waals surface area contributed by atoms with Crippen LogP contribution in [0.4, 0.5) is 11.4 Å². The lowest BCUT2D eigenvalue weighted by atomic mass is 10.3. The third-order valence-corrected chi connectivity index (χ3v) is 2.71. The molecule has 6 heteroatoms. The lowest BCUT2D eigenvalue weighted by molar-refractivity contribution is -0.114. The summed E-state index contributed by atoms with van der Waals surface area (Å²) in [7, 11) is 0. The number of hydrogen-bond donors (Lipinski definition) is 4. The van der Waals surface area contributed by atoms with E-state index in [0.717, 1.165) is 12.2 Å². The van der Waals surface area contributed by atoms with Crippen LogP contribution in [-0.4, -0.2) is 22.0 Å². The number of amides is 2. The van der Waals surface area contributed by atoms with Gasteiger partial charge in [0.05, 0.1) is 11.4 Å². The predicted molar refractivity (Wildman–Crippen MR) is 82.6 cm³/mol. The molecule has 0 saturated heterocycles. The lowest BCUT2D eigenvalue weighted by Crippen LogP contribution is -2.12. The van der Waals surface area contributed by atoms with E-state index in [1.54, 1.807) is 24.3 Å². The second-order valence-corrected chi connectivity index (χ2v) is 4.35. The SMILES string of the molecule is O=C(C=CC(=O)Nc1ccccc1O)Nc1ccccc1O. The van der Waals surface area contributed by atoms with Crippen LogP contribution in [0.2, 0.25) is 0 Å². The van der Waals surface area contributed by atoms with E-state index >= 15 is 0 Å². The third-order valence-electron chi connectivity index (χ3n) is 2.71. The normalized spacial score (nSPS) is 10.4. The smallest absolute Gasteiger partial charge is 0.248 e. The second-order valence-electron chi connectivity index (χ2n) is 4.35. The van der Waals surface area contributed by atoms with Crippen molar-refractivity contribution in [2.24, 2.45) is 0 Å². The minimum atomic E-state index is -0.561. The van der Waals surface area contributed by atoms with Gasteiger partial charge >= 0.3 is 0 Å². The average molecular weight is 298 g/mol. The van der Waals surface area contributed by atoms with Gasteiger partial charge in [-0.15, -0.1) is 0 Å². The number of rotatable bonds is 4. The zero-order valence-electron chi connectivity index (χ0n) is 11.5. The second kappa shape index (κ2) is 6.94. The summed E-state index contributed by atoms with van der Waals surface area (Å²) >= 11 is 0. The fraction of sp³-hybridized carbons (Fsp3) is 0. The first-order valence-corrected chi connectivity index (χ1v) is 6.42. The zero-order chi connectivity index (χ0) is 15.9. The van der Waals surface area contributed by atoms with E-state index < -0.39 is 11.8 Å². The first-order valence-electron chi connectivity index (χ1n) is 6.42. The first-order chi connectivity index (χ1) is 10.6. The van der Waals surface area contributed by atoms with Crippen LogP contribution in [0.25, 0.3) is 0 Å². The Labute approximate surface area is 126 Å². The van der Waals surface area contributed by atoms with E-state index in [9.17, 15) is 19.8 Å². The average Bonchev–Trinajstić information content (AvgIpc) is 2.50. The molecule has 0 heterocycles. The van der Waals surface area contributed by atoms with Gasteiger partial charge in [0, 0.05) is 12.2 Å². The minimum Gasteiger partial charge on any atom is -0.506 e. The van der Waals surface area contributed by atoms with Crippen LogP contribution in [-0.2, 0) is 9.59 Å². The van der Waals surface area contributed by atoms with Gasteiger partial charge in [0.25, 0.3) is 0 Å². The maximum absolute atomic E-state index is 11.7. The number of anilines is 2. The van der Waals surface area contributed by atoms with E-state index in [4.69, 9.17) is 0 Å². The molecular weight excluding hydrogens is 284 g/mol. The highest BCUT2D eigenvalue weighted by Gasteiger charge is 2.05. The molecule has 2 rings (SSSR count). The molecule has 2 aromatic rings. The summed E-state index contributed by atoms with van der Waals surface area (Å²) in [5.41, 5.74) is 0.497. The molecule has 0 aliphatic heterocycles. The van der Waals surface area contributed by atoms with Crippen molar-refractivity contribution in [2.75, 3.05) is 10.6 Å². The van der Waals surface area contributed by atoms with Crippen LogP contribution in [0.15, 0.2) is 60.7 Å². The van der Waals surface area contributed by atoms with Crippen LogP contribution in [0.5, 0.6) is 11.5 Å². The Morgan fingerprint density at radius 3 is 1.45 bits per heavy atom. The summed E-state index contributed by atoms with van der Waals surface area (Å²) in [5.74, 6) is -1.26. The van der Waals surface area contributed by atoms with Crippen molar-refractivity contribution in [3.05, 3.63) is 60.7 Å². The van der Waals surface area contributed by atoms with Crippen molar-refractivity contribution in [1.29, 1.82) is 0 Å². The van der Waals surface area contributed by atoms with Crippen molar-refractivity contribution in [2.45, 2.75) is 0 Å². The number of aromatic hydroxyl groups is 2. The van der Waals surface area contributed by atoms with Crippen molar-refractivity contribution in [3.63, 3.8) is 0 Å². The highest BCUT2D eigenvalue weighted by Crippen LogP contribution is 2.22. The number of phenols is 2. The molecule has 2 amide bonds. The number of carbonyl (C=O) groups excluding carboxylic acids is 2. The van der Waals surface area contributed by atoms with E-state index in [1.165, 1.54) is 24.3 Å². The van der Waals surface area contributed by atoms with Gasteiger partial charge in [-0.05, 0) is 24.3 Å². The van der Waals surface area contributed by atoms with Gasteiger partial charge in [-0.1, -0.05) is 24.3 Å². The molecule has 0 fully saturated rings. The molecule has 6 nitrogen and oxygen atoms in total. The highest BCUT2D eigenvalue weighted by atomic mass is 16.3. The lowest BCUT2D eigenvalue weighted by Gasteiger charge is -2.05. The van der Waals surface area contributed by atoms with Crippen molar-refractivity contribution in [3.8, 4) is 11.5 Å². The molecule has 2 aromatic carbocycles. The van der Waals surface area contributed by atoms with Crippen LogP contribution < -0.4 is 10.6 Å². The van der Waals surface area contributed by atoms with Crippen LogP contribution in [0.1, 0.15) is 0 Å². The summed E-state index contributed by atoms with van der Waals surface area (Å²) in [6.45, 7) is 0. The monoisotopic (exact) mass is 298 g/mol. The number of hydrogen-bond acceptors (Lipinski definition) is 4. The van der Waals surface area contributed by atoms with Gasteiger partial charge in [-0.2, -0.15) is 0 Å². The van der Waals surface area contributed by atoms with E-state index in [0.29, 0.717) is 0 Å². The van der Waals surface area contributed by atoms with Gasteiger partial charge in [-0.25, -0.2) is 0 Å². The van der Waals surface area contributed by atoms with Crippen molar-refractivity contribution < 1.29 is 19.8 Å². The molecule has 0 saturated carbocycles. The quantitative estimate of drug-likeness (QED) is 0.514. The Balaban J connectivity index is 1.94. The Hall–Kier alpha value is -3.28. The molecule has 0 bridgehead atoms. The third kappa shape index (κ3) is 4.11. The summed E-state index contributed by atoms with van der Waals surface area (Å²) < 4.78 is 0. The first kappa shape index (κ1) is 15.1. The van der Waals surface area contributed by atoms with Crippen molar-refractivity contribution in [1.82, 2.24) is 0 Å².